The van der Waals surface area contributed by atoms with Gasteiger partial charge in [0, 0.05) is 6.42 Å². The van der Waals surface area contributed by atoms with E-state index in [1.165, 1.54) is 12.8 Å². The Labute approximate surface area is 90.8 Å². The van der Waals surface area contributed by atoms with Gasteiger partial charge >= 0.3 is 5.97 Å². The van der Waals surface area contributed by atoms with Crippen LogP contribution in [0.3, 0.4) is 0 Å². The second-order valence-electron chi connectivity index (χ2n) is 3.85. The molecule has 2 nitrogen and oxygen atoms in total. The molecule has 14 heavy (non-hydrogen) atoms. The third-order valence-corrected chi connectivity index (χ3v) is 3.28. The van der Waals surface area contributed by atoms with Crippen molar-refractivity contribution in [2.75, 3.05) is 12.0 Å². The first-order chi connectivity index (χ1) is 6.83. The van der Waals surface area contributed by atoms with Gasteiger partial charge in [-0.3, -0.25) is 4.79 Å². The highest BCUT2D eigenvalue weighted by Crippen LogP contribution is 2.21. The molecule has 0 unspecified atom stereocenters. The normalized spacial score (nSPS) is 17.2. The molecule has 1 rings (SSSR count). The first-order valence-corrected chi connectivity index (χ1v) is 6.90. The van der Waals surface area contributed by atoms with E-state index in [1.54, 1.807) is 0 Å². The second-order valence-corrected chi connectivity index (χ2v) is 4.83. The van der Waals surface area contributed by atoms with Crippen molar-refractivity contribution in [3.8, 4) is 0 Å². The molecule has 0 aromatic heterocycles. The number of rotatable bonds is 6. The van der Waals surface area contributed by atoms with Crippen molar-refractivity contribution in [2.45, 2.75) is 51.0 Å². The molecule has 0 aromatic carbocycles. The Bertz CT molecular complexity index is 165. The predicted molar refractivity (Wildman–Crippen MR) is 60.6 cm³/mol. The number of unbranched alkanes of at least 4 members (excludes halogenated alkanes) is 1. The molecule has 0 bridgehead atoms. The van der Waals surface area contributed by atoms with Crippen LogP contribution in [-0.4, -0.2) is 24.1 Å². The Morgan fingerprint density at radius 3 is 2.71 bits per heavy atom. The second kappa shape index (κ2) is 7.16. The van der Waals surface area contributed by atoms with Crippen molar-refractivity contribution in [2.24, 2.45) is 0 Å². The molecule has 82 valence electrons. The average molecular weight is 216 g/mol. The molecule has 0 saturated heterocycles. The zero-order valence-electron chi connectivity index (χ0n) is 8.96. The Morgan fingerprint density at radius 2 is 2.07 bits per heavy atom. The Hall–Kier alpha value is -0.180. The van der Waals surface area contributed by atoms with E-state index in [1.807, 2.05) is 11.8 Å². The van der Waals surface area contributed by atoms with Crippen LogP contribution in [0.4, 0.5) is 0 Å². The van der Waals surface area contributed by atoms with E-state index in [2.05, 4.69) is 6.26 Å². The zero-order chi connectivity index (χ0) is 10.2. The van der Waals surface area contributed by atoms with Gasteiger partial charge in [0.1, 0.15) is 6.10 Å². The van der Waals surface area contributed by atoms with Crippen LogP contribution in [0, 0.1) is 0 Å². The maximum absolute atomic E-state index is 11.3. The van der Waals surface area contributed by atoms with Crippen molar-refractivity contribution in [1.29, 1.82) is 0 Å². The van der Waals surface area contributed by atoms with Gasteiger partial charge in [0.15, 0.2) is 0 Å². The van der Waals surface area contributed by atoms with E-state index in [4.69, 9.17) is 4.74 Å². The van der Waals surface area contributed by atoms with Gasteiger partial charge in [0.2, 0.25) is 0 Å². The predicted octanol–water partition coefficient (Wildman–Crippen LogP) is 3.01. The molecule has 1 fully saturated rings. The van der Waals surface area contributed by atoms with E-state index in [0.717, 1.165) is 31.4 Å². The fourth-order valence-electron chi connectivity index (χ4n) is 1.77. The van der Waals surface area contributed by atoms with Crippen LogP contribution in [-0.2, 0) is 9.53 Å². The Kier molecular flexibility index (Phi) is 6.08. The smallest absolute Gasteiger partial charge is 0.306 e. The van der Waals surface area contributed by atoms with Gasteiger partial charge in [-0.2, -0.15) is 11.8 Å². The highest BCUT2D eigenvalue weighted by atomic mass is 32.2. The maximum atomic E-state index is 11.3. The van der Waals surface area contributed by atoms with Gasteiger partial charge in [-0.1, -0.05) is 0 Å². The molecule has 0 heterocycles. The monoisotopic (exact) mass is 216 g/mol. The third kappa shape index (κ3) is 4.89. The van der Waals surface area contributed by atoms with E-state index < -0.39 is 0 Å². The Balaban J connectivity index is 1.98. The summed E-state index contributed by atoms with van der Waals surface area (Å²) in [6.45, 7) is 0. The minimum atomic E-state index is 0.0120. The number of hydrogen-bond donors (Lipinski definition) is 0. The van der Waals surface area contributed by atoms with E-state index in [-0.39, 0.29) is 12.1 Å². The van der Waals surface area contributed by atoms with E-state index >= 15 is 0 Å². The van der Waals surface area contributed by atoms with Crippen molar-refractivity contribution in [3.05, 3.63) is 0 Å². The lowest BCUT2D eigenvalue weighted by molar-refractivity contribution is -0.148. The summed E-state index contributed by atoms with van der Waals surface area (Å²) in [7, 11) is 0. The molecule has 0 spiro atoms. The van der Waals surface area contributed by atoms with E-state index in [0.29, 0.717) is 6.42 Å². The molecule has 3 heteroatoms. The SMILES string of the molecule is CSCCCCC(=O)OC1CCCC1. The summed E-state index contributed by atoms with van der Waals surface area (Å²) in [5.74, 6) is 1.16. The molecule has 0 aliphatic heterocycles. The molecular formula is C11H20O2S. The van der Waals surface area contributed by atoms with E-state index in [9.17, 15) is 4.79 Å². The summed E-state index contributed by atoms with van der Waals surface area (Å²) in [4.78, 5) is 11.3. The molecule has 0 aromatic rings. The number of carbonyl (C=O) groups excluding carboxylic acids is 1. The van der Waals surface area contributed by atoms with Crippen molar-refractivity contribution < 1.29 is 9.53 Å². The fourth-order valence-corrected chi connectivity index (χ4v) is 2.26. The van der Waals surface area contributed by atoms with Gasteiger partial charge in [-0.25, -0.2) is 0 Å². The molecule has 1 saturated carbocycles. The lowest BCUT2D eigenvalue weighted by Crippen LogP contribution is -2.14. The summed E-state index contributed by atoms with van der Waals surface area (Å²) in [5, 5.41) is 0. The topological polar surface area (TPSA) is 26.3 Å². The minimum absolute atomic E-state index is 0.0120. The number of hydrogen-bond acceptors (Lipinski definition) is 3. The lowest BCUT2D eigenvalue weighted by Gasteiger charge is -2.10. The fraction of sp³-hybridized carbons (Fsp3) is 0.909. The molecule has 0 amide bonds. The number of ether oxygens (including phenoxy) is 1. The lowest BCUT2D eigenvalue weighted by atomic mass is 10.2. The molecular weight excluding hydrogens is 196 g/mol. The molecule has 1 aliphatic rings. The first-order valence-electron chi connectivity index (χ1n) is 5.51. The van der Waals surface area contributed by atoms with Crippen molar-refractivity contribution in [1.82, 2.24) is 0 Å². The molecule has 1 aliphatic carbocycles. The standard InChI is InChI=1S/C11H20O2S/c1-14-9-5-4-8-11(12)13-10-6-2-3-7-10/h10H,2-9H2,1H3. The van der Waals surface area contributed by atoms with Crippen LogP contribution in [0.25, 0.3) is 0 Å². The summed E-state index contributed by atoms with van der Waals surface area (Å²) >= 11 is 1.83. The number of thioether (sulfide) groups is 1. The van der Waals surface area contributed by atoms with Gasteiger partial charge in [0.25, 0.3) is 0 Å². The van der Waals surface area contributed by atoms with Crippen molar-refractivity contribution in [3.63, 3.8) is 0 Å². The van der Waals surface area contributed by atoms with Crippen molar-refractivity contribution >= 4 is 17.7 Å². The molecule has 0 radical (unpaired) electrons. The zero-order valence-corrected chi connectivity index (χ0v) is 9.78. The van der Waals surface area contributed by atoms with Crippen LogP contribution in [0.2, 0.25) is 0 Å². The van der Waals surface area contributed by atoms with Crippen LogP contribution in [0.15, 0.2) is 0 Å². The molecule has 0 N–H and O–H groups in total. The number of carbonyl (C=O) groups is 1. The summed E-state index contributed by atoms with van der Waals surface area (Å²) in [5.41, 5.74) is 0. The largest absolute Gasteiger partial charge is 0.462 e. The van der Waals surface area contributed by atoms with Gasteiger partial charge in [0.05, 0.1) is 0 Å². The van der Waals surface area contributed by atoms with Crippen LogP contribution in [0.1, 0.15) is 44.9 Å². The Morgan fingerprint density at radius 1 is 1.36 bits per heavy atom. The quantitative estimate of drug-likeness (QED) is 0.504. The maximum Gasteiger partial charge on any atom is 0.306 e. The highest BCUT2D eigenvalue weighted by Gasteiger charge is 2.18. The van der Waals surface area contributed by atoms with Crippen LogP contribution in [0.5, 0.6) is 0 Å². The summed E-state index contributed by atoms with van der Waals surface area (Å²) in [6, 6.07) is 0. The van der Waals surface area contributed by atoms with Crippen LogP contribution < -0.4 is 0 Å². The summed E-state index contributed by atoms with van der Waals surface area (Å²) in [6.07, 6.45) is 9.66. The average Bonchev–Trinajstić information content (AvgIpc) is 2.65. The van der Waals surface area contributed by atoms with Gasteiger partial charge in [-0.05, 0) is 50.5 Å². The summed E-state index contributed by atoms with van der Waals surface area (Å²) < 4.78 is 5.35. The van der Waals surface area contributed by atoms with Gasteiger partial charge in [-0.15, -0.1) is 0 Å². The van der Waals surface area contributed by atoms with Crippen LogP contribution >= 0.6 is 11.8 Å². The highest BCUT2D eigenvalue weighted by molar-refractivity contribution is 7.98. The minimum Gasteiger partial charge on any atom is -0.462 e. The van der Waals surface area contributed by atoms with Gasteiger partial charge < -0.3 is 4.74 Å². The first kappa shape index (κ1) is 11.9. The number of esters is 1. The molecule has 0 atom stereocenters. The third-order valence-electron chi connectivity index (χ3n) is 2.58.